The van der Waals surface area contributed by atoms with Crippen LogP contribution in [0.5, 0.6) is 5.75 Å². The van der Waals surface area contributed by atoms with Gasteiger partial charge in [-0.3, -0.25) is 9.78 Å². The molecule has 0 atom stereocenters. The molecule has 0 aliphatic rings. The minimum Gasteiger partial charge on any atom is -0.494 e. The van der Waals surface area contributed by atoms with Gasteiger partial charge < -0.3 is 10.1 Å². The molecule has 2 aromatic carbocycles. The zero-order chi connectivity index (χ0) is 19.9. The number of pyridine rings is 1. The number of unbranched alkanes of at least 4 members (excludes halogenated alkanes) is 1. The normalized spacial score (nSPS) is 10.8. The van der Waals surface area contributed by atoms with Gasteiger partial charge in [0.25, 0.3) is 0 Å². The monoisotopic (exact) mass is 380 g/mol. The van der Waals surface area contributed by atoms with Gasteiger partial charge in [0.1, 0.15) is 11.6 Å². The number of halogens is 1. The molecule has 1 N–H and O–H groups in total. The molecule has 0 bridgehead atoms. The highest BCUT2D eigenvalue weighted by atomic mass is 19.1. The molecule has 0 saturated carbocycles. The fraction of sp³-hybridized carbons (Fsp3) is 0.304. The van der Waals surface area contributed by atoms with Gasteiger partial charge in [-0.25, -0.2) is 4.39 Å². The maximum atomic E-state index is 12.8. The third kappa shape index (κ3) is 5.06. The van der Waals surface area contributed by atoms with Crippen LogP contribution >= 0.6 is 0 Å². The second-order valence-electron chi connectivity index (χ2n) is 6.85. The summed E-state index contributed by atoms with van der Waals surface area (Å²) in [6.45, 7) is 5.14. The Kier molecular flexibility index (Phi) is 6.58. The summed E-state index contributed by atoms with van der Waals surface area (Å²) in [4.78, 5) is 17.0. The van der Waals surface area contributed by atoms with Gasteiger partial charge in [0.05, 0.1) is 18.5 Å². The van der Waals surface area contributed by atoms with Crippen molar-refractivity contribution in [2.75, 3.05) is 13.2 Å². The van der Waals surface area contributed by atoms with Gasteiger partial charge in [-0.2, -0.15) is 0 Å². The van der Waals surface area contributed by atoms with E-state index in [4.69, 9.17) is 4.74 Å². The lowest BCUT2D eigenvalue weighted by Gasteiger charge is -2.13. The highest BCUT2D eigenvalue weighted by molar-refractivity contribution is 5.86. The molecule has 0 fully saturated rings. The van der Waals surface area contributed by atoms with Gasteiger partial charge in [0.15, 0.2) is 0 Å². The predicted molar refractivity (Wildman–Crippen MR) is 109 cm³/mol. The topological polar surface area (TPSA) is 51.2 Å². The van der Waals surface area contributed by atoms with Crippen LogP contribution in [0.15, 0.2) is 48.5 Å². The Balaban J connectivity index is 1.43. The molecule has 3 aromatic rings. The largest absolute Gasteiger partial charge is 0.494 e. The zero-order valence-corrected chi connectivity index (χ0v) is 16.3. The summed E-state index contributed by atoms with van der Waals surface area (Å²) in [7, 11) is 0. The molecule has 0 saturated heterocycles. The molecular formula is C23H25FN2O2. The van der Waals surface area contributed by atoms with E-state index in [-0.39, 0.29) is 11.7 Å². The van der Waals surface area contributed by atoms with E-state index >= 15 is 0 Å². The fourth-order valence-electron chi connectivity index (χ4n) is 3.23. The van der Waals surface area contributed by atoms with E-state index in [1.165, 1.54) is 12.1 Å². The number of hydrogen-bond acceptors (Lipinski definition) is 3. The lowest BCUT2D eigenvalue weighted by molar-refractivity contribution is -0.120. The maximum absolute atomic E-state index is 12.8. The van der Waals surface area contributed by atoms with Crippen molar-refractivity contribution in [1.29, 1.82) is 0 Å². The van der Waals surface area contributed by atoms with E-state index in [1.807, 2.05) is 38.1 Å². The lowest BCUT2D eigenvalue weighted by atomic mass is 9.99. The van der Waals surface area contributed by atoms with Crippen LogP contribution in [-0.4, -0.2) is 24.0 Å². The number of carbonyl (C=O) groups is 1. The summed E-state index contributed by atoms with van der Waals surface area (Å²) in [6, 6.07) is 14.0. The minimum absolute atomic E-state index is 0.00253. The molecule has 4 nitrogen and oxygen atoms in total. The van der Waals surface area contributed by atoms with Gasteiger partial charge >= 0.3 is 0 Å². The first-order chi connectivity index (χ1) is 13.5. The summed E-state index contributed by atoms with van der Waals surface area (Å²) >= 11 is 0. The summed E-state index contributed by atoms with van der Waals surface area (Å²) in [6.07, 6.45) is 1.97. The number of aryl methyl sites for hydroxylation is 2. The van der Waals surface area contributed by atoms with E-state index in [9.17, 15) is 9.18 Å². The number of hydrogen-bond donors (Lipinski definition) is 1. The van der Waals surface area contributed by atoms with Gasteiger partial charge in [0.2, 0.25) is 5.91 Å². The average molecular weight is 380 g/mol. The van der Waals surface area contributed by atoms with Gasteiger partial charge in [-0.15, -0.1) is 0 Å². The molecule has 3 rings (SSSR count). The number of rotatable bonds is 8. The highest BCUT2D eigenvalue weighted by Gasteiger charge is 2.12. The minimum atomic E-state index is -0.276. The van der Waals surface area contributed by atoms with Crippen LogP contribution in [0.4, 0.5) is 4.39 Å². The first-order valence-corrected chi connectivity index (χ1v) is 9.54. The van der Waals surface area contributed by atoms with Gasteiger partial charge in [-0.1, -0.05) is 18.2 Å². The smallest absolute Gasteiger partial charge is 0.224 e. The Hall–Kier alpha value is -2.95. The predicted octanol–water partition coefficient (Wildman–Crippen LogP) is 4.51. The van der Waals surface area contributed by atoms with Crippen molar-refractivity contribution >= 4 is 16.8 Å². The Labute approximate surface area is 164 Å². The molecule has 0 radical (unpaired) electrons. The van der Waals surface area contributed by atoms with Crippen LogP contribution in [0.3, 0.4) is 0 Å². The SMILES string of the molecule is Cc1nc2ccccc2c(C)c1CC(=O)NCCCCOc1ccc(F)cc1. The molecule has 0 aliphatic carbocycles. The zero-order valence-electron chi connectivity index (χ0n) is 16.3. The van der Waals surface area contributed by atoms with Crippen molar-refractivity contribution in [2.24, 2.45) is 0 Å². The Morgan fingerprint density at radius 2 is 1.82 bits per heavy atom. The summed E-state index contributed by atoms with van der Waals surface area (Å²) in [5.41, 5.74) is 3.98. The summed E-state index contributed by atoms with van der Waals surface area (Å²) in [5.74, 6) is 0.380. The van der Waals surface area contributed by atoms with Crippen LogP contribution in [0, 0.1) is 19.7 Å². The Morgan fingerprint density at radius 1 is 1.07 bits per heavy atom. The highest BCUT2D eigenvalue weighted by Crippen LogP contribution is 2.22. The maximum Gasteiger partial charge on any atom is 0.224 e. The molecule has 28 heavy (non-hydrogen) atoms. The quantitative estimate of drug-likeness (QED) is 0.585. The van der Waals surface area contributed by atoms with E-state index in [2.05, 4.69) is 10.3 Å². The number of para-hydroxylation sites is 1. The van der Waals surface area contributed by atoms with Crippen LogP contribution in [-0.2, 0) is 11.2 Å². The van der Waals surface area contributed by atoms with Crippen molar-refractivity contribution in [3.8, 4) is 5.75 Å². The average Bonchev–Trinajstić information content (AvgIpc) is 2.69. The number of amides is 1. The number of carbonyl (C=O) groups excluding carboxylic acids is 1. The fourth-order valence-corrected chi connectivity index (χ4v) is 3.23. The molecule has 1 amide bonds. The second-order valence-corrected chi connectivity index (χ2v) is 6.85. The molecular weight excluding hydrogens is 355 g/mol. The van der Waals surface area contributed by atoms with Gasteiger partial charge in [0, 0.05) is 17.6 Å². The summed E-state index contributed by atoms with van der Waals surface area (Å²) in [5, 5.41) is 4.06. The van der Waals surface area contributed by atoms with Crippen molar-refractivity contribution in [1.82, 2.24) is 10.3 Å². The standard InChI is InChI=1S/C23H25FN2O2/c1-16-20-7-3-4-8-22(20)26-17(2)21(16)15-23(27)25-13-5-6-14-28-19-11-9-18(24)10-12-19/h3-4,7-12H,5-6,13-15H2,1-2H3,(H,25,27). The number of fused-ring (bicyclic) bond motifs is 1. The number of nitrogens with zero attached hydrogens (tertiary/aromatic N) is 1. The number of ether oxygens (including phenoxy) is 1. The Morgan fingerprint density at radius 3 is 2.61 bits per heavy atom. The first kappa shape index (κ1) is 19.8. The molecule has 0 aliphatic heterocycles. The third-order valence-corrected chi connectivity index (χ3v) is 4.80. The first-order valence-electron chi connectivity index (χ1n) is 9.54. The molecule has 0 unspecified atom stereocenters. The van der Waals surface area contributed by atoms with Crippen LogP contribution < -0.4 is 10.1 Å². The van der Waals surface area contributed by atoms with E-state index < -0.39 is 0 Å². The van der Waals surface area contributed by atoms with Gasteiger partial charge in [-0.05, 0) is 68.1 Å². The van der Waals surface area contributed by atoms with Crippen molar-refractivity contribution < 1.29 is 13.9 Å². The van der Waals surface area contributed by atoms with Crippen molar-refractivity contribution in [3.05, 3.63) is 71.2 Å². The molecule has 5 heteroatoms. The Bertz CT molecular complexity index is 955. The van der Waals surface area contributed by atoms with Crippen molar-refractivity contribution in [3.63, 3.8) is 0 Å². The molecule has 146 valence electrons. The van der Waals surface area contributed by atoms with Crippen LogP contribution in [0.25, 0.3) is 10.9 Å². The summed E-state index contributed by atoms with van der Waals surface area (Å²) < 4.78 is 18.4. The van der Waals surface area contributed by atoms with Crippen LogP contribution in [0.1, 0.15) is 29.7 Å². The molecule has 1 heterocycles. The lowest BCUT2D eigenvalue weighted by Crippen LogP contribution is -2.27. The molecule has 1 aromatic heterocycles. The number of benzene rings is 2. The number of aromatic nitrogens is 1. The van der Waals surface area contributed by atoms with Crippen molar-refractivity contribution in [2.45, 2.75) is 33.1 Å². The second kappa shape index (κ2) is 9.31. The third-order valence-electron chi connectivity index (χ3n) is 4.80. The van der Waals surface area contributed by atoms with E-state index in [1.54, 1.807) is 12.1 Å². The van der Waals surface area contributed by atoms with E-state index in [0.29, 0.717) is 25.3 Å². The molecule has 0 spiro atoms. The van der Waals surface area contributed by atoms with E-state index in [0.717, 1.165) is 40.6 Å². The van der Waals surface area contributed by atoms with Crippen LogP contribution in [0.2, 0.25) is 0 Å². The number of nitrogens with one attached hydrogen (secondary N) is 1.